The van der Waals surface area contributed by atoms with Crippen molar-refractivity contribution in [3.05, 3.63) is 138 Å². The quantitative estimate of drug-likeness (QED) is 0.264. The van der Waals surface area contributed by atoms with Crippen LogP contribution in [0.15, 0.2) is 110 Å². The van der Waals surface area contributed by atoms with E-state index in [4.69, 9.17) is 5.73 Å². The smallest absolute Gasteiger partial charge is 0.251 e. The van der Waals surface area contributed by atoms with Crippen LogP contribution in [0.2, 0.25) is 0 Å². The average Bonchev–Trinajstić information content (AvgIpc) is 2.92. The molecule has 0 bridgehead atoms. The second kappa shape index (κ2) is 12.2. The van der Waals surface area contributed by atoms with Crippen LogP contribution >= 0.6 is 0 Å². The summed E-state index contributed by atoms with van der Waals surface area (Å²) in [5.41, 5.74) is 13.4. The molecule has 2 atom stereocenters. The number of aliphatic hydroxyl groups excluding tert-OH is 1. The molecule has 0 heterocycles. The molecule has 4 aromatic rings. The molecule has 4 aromatic carbocycles. The van der Waals surface area contributed by atoms with E-state index in [0.717, 1.165) is 27.8 Å². The Kier molecular flexibility index (Phi) is 8.55. The number of nitrogens with two attached hydrogens (primary N) is 1. The number of aryl methyl sites for hydroxylation is 1. The molecule has 0 aliphatic rings. The number of carbonyl (C=O) groups excluding carboxylic acids is 1. The molecule has 4 nitrogen and oxygen atoms in total. The standard InChI is InChI=1S/C33H34N2O2/c1-23-11-13-27(14-12-23)28-15-17-29(18-16-28)33(37)35-32(21-25-7-4-3-5-8-25)31(22-36)20-26-9-6-10-30(19-26)24(2)34/h3-19,31-32,36H,2,20-22,34H2,1H3,(H,35,37). The van der Waals surface area contributed by atoms with Gasteiger partial charge in [0.15, 0.2) is 0 Å². The maximum Gasteiger partial charge on any atom is 0.251 e. The van der Waals surface area contributed by atoms with Gasteiger partial charge in [0.25, 0.3) is 5.91 Å². The predicted molar refractivity (Wildman–Crippen MR) is 152 cm³/mol. The van der Waals surface area contributed by atoms with Gasteiger partial charge in [-0.3, -0.25) is 4.79 Å². The summed E-state index contributed by atoms with van der Waals surface area (Å²) in [6, 6.07) is 33.6. The Bertz CT molecular complexity index is 1330. The molecule has 0 aromatic heterocycles. The fourth-order valence-corrected chi connectivity index (χ4v) is 4.55. The van der Waals surface area contributed by atoms with Crippen LogP contribution in [0.4, 0.5) is 0 Å². The highest BCUT2D eigenvalue weighted by Gasteiger charge is 2.24. The molecule has 4 heteroatoms. The molecular weight excluding hydrogens is 456 g/mol. The molecule has 0 radical (unpaired) electrons. The summed E-state index contributed by atoms with van der Waals surface area (Å²) < 4.78 is 0. The van der Waals surface area contributed by atoms with Crippen LogP contribution in [0.3, 0.4) is 0 Å². The van der Waals surface area contributed by atoms with Gasteiger partial charge in [-0.15, -0.1) is 0 Å². The molecule has 0 spiro atoms. The minimum Gasteiger partial charge on any atom is -0.399 e. The van der Waals surface area contributed by atoms with Gasteiger partial charge in [0.2, 0.25) is 0 Å². The van der Waals surface area contributed by atoms with Crippen molar-refractivity contribution in [3.8, 4) is 11.1 Å². The zero-order valence-electron chi connectivity index (χ0n) is 21.2. The average molecular weight is 491 g/mol. The third-order valence-corrected chi connectivity index (χ3v) is 6.75. The fraction of sp³-hybridized carbons (Fsp3) is 0.182. The molecule has 0 fully saturated rings. The highest BCUT2D eigenvalue weighted by molar-refractivity contribution is 5.95. The number of amides is 1. The number of hydrogen-bond donors (Lipinski definition) is 3. The number of nitrogens with one attached hydrogen (secondary N) is 1. The summed E-state index contributed by atoms with van der Waals surface area (Å²) in [7, 11) is 0. The largest absolute Gasteiger partial charge is 0.399 e. The first kappa shape index (κ1) is 25.9. The molecule has 0 aliphatic heterocycles. The first-order valence-corrected chi connectivity index (χ1v) is 12.6. The van der Waals surface area contributed by atoms with Crippen molar-refractivity contribution < 1.29 is 9.90 Å². The summed E-state index contributed by atoms with van der Waals surface area (Å²) >= 11 is 0. The van der Waals surface area contributed by atoms with Gasteiger partial charge in [-0.2, -0.15) is 0 Å². The van der Waals surface area contributed by atoms with Crippen LogP contribution in [-0.2, 0) is 12.8 Å². The predicted octanol–water partition coefficient (Wildman–Crippen LogP) is 5.78. The van der Waals surface area contributed by atoms with E-state index in [1.807, 2.05) is 78.9 Å². The summed E-state index contributed by atoms with van der Waals surface area (Å²) in [6.45, 7) is 5.84. The van der Waals surface area contributed by atoms with Crippen molar-refractivity contribution in [2.24, 2.45) is 11.7 Å². The van der Waals surface area contributed by atoms with E-state index >= 15 is 0 Å². The van der Waals surface area contributed by atoms with Gasteiger partial charge in [-0.1, -0.05) is 97.1 Å². The second-order valence-electron chi connectivity index (χ2n) is 9.59. The number of aliphatic hydroxyl groups is 1. The third kappa shape index (κ3) is 6.96. The number of carbonyl (C=O) groups is 1. The number of hydrogen-bond acceptors (Lipinski definition) is 3. The maximum absolute atomic E-state index is 13.3. The summed E-state index contributed by atoms with van der Waals surface area (Å²) in [5.74, 6) is -0.337. The normalized spacial score (nSPS) is 12.5. The van der Waals surface area contributed by atoms with Crippen molar-refractivity contribution in [1.29, 1.82) is 0 Å². The lowest BCUT2D eigenvalue weighted by Gasteiger charge is -2.27. The summed E-state index contributed by atoms with van der Waals surface area (Å²) in [6.07, 6.45) is 1.21. The molecule has 188 valence electrons. The lowest BCUT2D eigenvalue weighted by molar-refractivity contribution is 0.0903. The van der Waals surface area contributed by atoms with Gasteiger partial charge < -0.3 is 16.2 Å². The molecule has 1 amide bonds. The van der Waals surface area contributed by atoms with E-state index in [-0.39, 0.29) is 24.5 Å². The Morgan fingerprint density at radius 2 is 1.43 bits per heavy atom. The minimum atomic E-state index is -0.263. The lowest BCUT2D eigenvalue weighted by atomic mass is 9.88. The van der Waals surface area contributed by atoms with Crippen LogP contribution in [0.1, 0.15) is 32.6 Å². The van der Waals surface area contributed by atoms with Gasteiger partial charge in [0.05, 0.1) is 0 Å². The lowest BCUT2D eigenvalue weighted by Crippen LogP contribution is -2.44. The topological polar surface area (TPSA) is 75.3 Å². The van der Waals surface area contributed by atoms with E-state index in [2.05, 4.69) is 43.1 Å². The van der Waals surface area contributed by atoms with Crippen molar-refractivity contribution in [2.45, 2.75) is 25.8 Å². The monoisotopic (exact) mass is 490 g/mol. The van der Waals surface area contributed by atoms with Gasteiger partial charge in [-0.05, 0) is 65.8 Å². The van der Waals surface area contributed by atoms with Crippen molar-refractivity contribution in [3.63, 3.8) is 0 Å². The molecule has 0 saturated carbocycles. The second-order valence-corrected chi connectivity index (χ2v) is 9.59. The SMILES string of the molecule is C=C(N)c1cccc(CC(CO)C(Cc2ccccc2)NC(=O)c2ccc(-c3ccc(C)cc3)cc2)c1. The highest BCUT2D eigenvalue weighted by atomic mass is 16.3. The minimum absolute atomic E-state index is 0.0576. The molecule has 4 N–H and O–H groups in total. The van der Waals surface area contributed by atoms with Crippen molar-refractivity contribution >= 4 is 11.6 Å². The van der Waals surface area contributed by atoms with Crippen LogP contribution in [-0.4, -0.2) is 23.7 Å². The summed E-state index contributed by atoms with van der Waals surface area (Å²) in [5, 5.41) is 13.6. The van der Waals surface area contributed by atoms with E-state index in [0.29, 0.717) is 24.1 Å². The number of benzene rings is 4. The van der Waals surface area contributed by atoms with Gasteiger partial charge in [-0.25, -0.2) is 0 Å². The van der Waals surface area contributed by atoms with Crippen LogP contribution in [0, 0.1) is 12.8 Å². The molecule has 4 rings (SSSR count). The van der Waals surface area contributed by atoms with Gasteiger partial charge >= 0.3 is 0 Å². The van der Waals surface area contributed by atoms with E-state index < -0.39 is 0 Å². The van der Waals surface area contributed by atoms with Gasteiger partial charge in [0.1, 0.15) is 0 Å². The summed E-state index contributed by atoms with van der Waals surface area (Å²) in [4.78, 5) is 13.3. The maximum atomic E-state index is 13.3. The Labute approximate surface area is 219 Å². The number of rotatable bonds is 10. The Balaban J connectivity index is 1.54. The van der Waals surface area contributed by atoms with Crippen LogP contribution in [0.25, 0.3) is 16.8 Å². The van der Waals surface area contributed by atoms with E-state index in [1.165, 1.54) is 5.56 Å². The van der Waals surface area contributed by atoms with E-state index in [1.54, 1.807) is 0 Å². The van der Waals surface area contributed by atoms with Gasteiger partial charge in [0, 0.05) is 29.8 Å². The van der Waals surface area contributed by atoms with Crippen molar-refractivity contribution in [2.75, 3.05) is 6.61 Å². The Morgan fingerprint density at radius 3 is 2.05 bits per heavy atom. The third-order valence-electron chi connectivity index (χ3n) is 6.75. The zero-order chi connectivity index (χ0) is 26.2. The van der Waals surface area contributed by atoms with Crippen LogP contribution < -0.4 is 11.1 Å². The Morgan fingerprint density at radius 1 is 0.811 bits per heavy atom. The Hall–Kier alpha value is -4.15. The fourth-order valence-electron chi connectivity index (χ4n) is 4.55. The van der Waals surface area contributed by atoms with E-state index in [9.17, 15) is 9.90 Å². The first-order chi connectivity index (χ1) is 17.9. The zero-order valence-corrected chi connectivity index (χ0v) is 21.2. The molecule has 37 heavy (non-hydrogen) atoms. The molecule has 0 saturated heterocycles. The first-order valence-electron chi connectivity index (χ1n) is 12.6. The molecular formula is C33H34N2O2. The molecule has 0 aliphatic carbocycles. The van der Waals surface area contributed by atoms with Crippen LogP contribution in [0.5, 0.6) is 0 Å². The molecule has 2 unspecified atom stereocenters. The highest BCUT2D eigenvalue weighted by Crippen LogP contribution is 2.22. The van der Waals surface area contributed by atoms with Crippen molar-refractivity contribution in [1.82, 2.24) is 5.32 Å².